The lowest BCUT2D eigenvalue weighted by Crippen LogP contribution is -2.47. The van der Waals surface area contributed by atoms with Gasteiger partial charge in [0.25, 0.3) is 0 Å². The van der Waals surface area contributed by atoms with Crippen LogP contribution in [-0.2, 0) is 21.2 Å². The first-order valence-corrected chi connectivity index (χ1v) is 13.6. The van der Waals surface area contributed by atoms with Crippen LogP contribution in [0.3, 0.4) is 0 Å². The van der Waals surface area contributed by atoms with E-state index in [1.165, 1.54) is 37.5 Å². The molecule has 2 aromatic carbocycles. The molecule has 1 aromatic heterocycles. The van der Waals surface area contributed by atoms with E-state index in [-0.39, 0.29) is 36.2 Å². The van der Waals surface area contributed by atoms with Crippen molar-refractivity contribution in [3.05, 3.63) is 88.9 Å². The third kappa shape index (κ3) is 5.45. The van der Waals surface area contributed by atoms with Crippen LogP contribution >= 0.6 is 11.3 Å². The Balaban J connectivity index is 1.56. The first-order valence-electron chi connectivity index (χ1n) is 11.3. The first kappa shape index (κ1) is 25.9. The smallest absolute Gasteiger partial charge is 0.243 e. The Morgan fingerprint density at radius 3 is 2.67 bits per heavy atom. The van der Waals surface area contributed by atoms with Crippen LogP contribution in [0.4, 0.5) is 4.39 Å². The van der Waals surface area contributed by atoms with Gasteiger partial charge in [-0.1, -0.05) is 18.2 Å². The van der Waals surface area contributed by atoms with Crippen LogP contribution in [0.2, 0.25) is 0 Å². The maximum atomic E-state index is 14.1. The summed E-state index contributed by atoms with van der Waals surface area (Å²) in [6, 6.07) is 13.6. The molecule has 1 unspecified atom stereocenters. The van der Waals surface area contributed by atoms with E-state index in [2.05, 4.69) is 6.58 Å². The van der Waals surface area contributed by atoms with Gasteiger partial charge in [-0.05, 0) is 59.8 Å². The number of benzene rings is 2. The molecule has 0 N–H and O–H groups in total. The summed E-state index contributed by atoms with van der Waals surface area (Å²) in [5.41, 5.74) is 0.934. The summed E-state index contributed by atoms with van der Waals surface area (Å²) in [5.74, 6) is -0.229. The topological polar surface area (TPSA) is 76.2 Å². The van der Waals surface area contributed by atoms with Gasteiger partial charge in [0.1, 0.15) is 12.4 Å². The number of rotatable bonds is 10. The van der Waals surface area contributed by atoms with Crippen molar-refractivity contribution >= 4 is 27.3 Å². The number of thiophene rings is 1. The van der Waals surface area contributed by atoms with Crippen LogP contribution in [0.5, 0.6) is 11.5 Å². The number of halogens is 1. The number of amides is 1. The number of nitrogens with zero attached hydrogens (tertiary/aromatic N) is 2. The molecule has 1 atom stereocenters. The summed E-state index contributed by atoms with van der Waals surface area (Å²) in [4.78, 5) is 16.3. The lowest BCUT2D eigenvalue weighted by atomic mass is 10.0. The van der Waals surface area contributed by atoms with Crippen molar-refractivity contribution in [3.8, 4) is 11.5 Å². The molecule has 0 bridgehead atoms. The standard InChI is InChI=1S/C26H27FN2O5S2/c1-3-14-28(36(31,32)20-10-8-19(33-2)9-11-20)17-26(30)29-15-12-25-21(13-16-35-25)23(29)18-34-24-7-5-4-6-22(24)27/h3-11,13,16,23H,1,12,14-15,17-18H2,2H3. The quantitative estimate of drug-likeness (QED) is 0.366. The molecule has 3 aromatic rings. The molecule has 0 spiro atoms. The van der Waals surface area contributed by atoms with E-state index < -0.39 is 21.9 Å². The van der Waals surface area contributed by atoms with Crippen molar-refractivity contribution in [2.45, 2.75) is 17.4 Å². The fourth-order valence-electron chi connectivity index (χ4n) is 4.14. The van der Waals surface area contributed by atoms with Crippen LogP contribution in [0, 0.1) is 5.82 Å². The van der Waals surface area contributed by atoms with Crippen LogP contribution < -0.4 is 9.47 Å². The number of sulfonamides is 1. The minimum absolute atomic E-state index is 0.0337. The number of fused-ring (bicyclic) bond motifs is 1. The third-order valence-corrected chi connectivity index (χ3v) is 8.81. The number of hydrogen-bond donors (Lipinski definition) is 0. The van der Waals surface area contributed by atoms with Gasteiger partial charge in [-0.2, -0.15) is 4.31 Å². The van der Waals surface area contributed by atoms with E-state index in [9.17, 15) is 17.6 Å². The molecule has 0 aliphatic carbocycles. The Hall–Kier alpha value is -3.21. The predicted molar refractivity (Wildman–Crippen MR) is 136 cm³/mol. The summed E-state index contributed by atoms with van der Waals surface area (Å²) < 4.78 is 52.8. The molecule has 4 rings (SSSR count). The minimum atomic E-state index is -3.97. The van der Waals surface area contributed by atoms with Crippen molar-refractivity contribution < 1.29 is 27.1 Å². The highest BCUT2D eigenvalue weighted by molar-refractivity contribution is 7.89. The number of ether oxygens (including phenoxy) is 2. The Labute approximate surface area is 214 Å². The predicted octanol–water partition coefficient (Wildman–Crippen LogP) is 4.28. The lowest BCUT2D eigenvalue weighted by Gasteiger charge is -2.36. The molecular formula is C26H27FN2O5S2. The molecule has 1 aliphatic heterocycles. The van der Waals surface area contributed by atoms with Crippen LogP contribution in [0.1, 0.15) is 16.5 Å². The van der Waals surface area contributed by atoms with Crippen LogP contribution in [-0.4, -0.2) is 56.9 Å². The first-order chi connectivity index (χ1) is 17.3. The number of hydrogen-bond acceptors (Lipinski definition) is 6. The highest BCUT2D eigenvalue weighted by Gasteiger charge is 2.35. The average molecular weight is 531 g/mol. The average Bonchev–Trinajstić information content (AvgIpc) is 3.37. The molecule has 2 heterocycles. The molecule has 190 valence electrons. The highest BCUT2D eigenvalue weighted by Crippen LogP contribution is 2.34. The van der Waals surface area contributed by atoms with Crippen LogP contribution in [0.15, 0.2) is 77.5 Å². The van der Waals surface area contributed by atoms with E-state index in [1.807, 2.05) is 11.4 Å². The van der Waals surface area contributed by atoms with Crippen LogP contribution in [0.25, 0.3) is 0 Å². The number of para-hydroxylation sites is 1. The molecule has 1 aliphatic rings. The fraction of sp³-hybridized carbons (Fsp3) is 0.269. The Kier molecular flexibility index (Phi) is 8.07. The zero-order valence-corrected chi connectivity index (χ0v) is 21.4. The monoisotopic (exact) mass is 530 g/mol. The second kappa shape index (κ2) is 11.2. The van der Waals surface area contributed by atoms with Crippen molar-refractivity contribution in [3.63, 3.8) is 0 Å². The number of carbonyl (C=O) groups is 1. The summed E-state index contributed by atoms with van der Waals surface area (Å²) in [7, 11) is -2.47. The molecule has 0 saturated carbocycles. The van der Waals surface area contributed by atoms with Gasteiger partial charge < -0.3 is 14.4 Å². The fourth-order valence-corrected chi connectivity index (χ4v) is 6.42. The van der Waals surface area contributed by atoms with E-state index in [4.69, 9.17) is 9.47 Å². The molecule has 0 radical (unpaired) electrons. The van der Waals surface area contributed by atoms with E-state index in [0.717, 1.165) is 14.7 Å². The maximum absolute atomic E-state index is 14.1. The summed E-state index contributed by atoms with van der Waals surface area (Å²) in [5, 5.41) is 1.95. The molecule has 36 heavy (non-hydrogen) atoms. The second-order valence-corrected chi connectivity index (χ2v) is 11.1. The second-order valence-electron chi connectivity index (χ2n) is 8.16. The van der Waals surface area contributed by atoms with Gasteiger partial charge in [0, 0.05) is 18.0 Å². The van der Waals surface area contributed by atoms with Crippen molar-refractivity contribution in [2.24, 2.45) is 0 Å². The Morgan fingerprint density at radius 1 is 1.22 bits per heavy atom. The third-order valence-electron chi connectivity index (χ3n) is 5.99. The van der Waals surface area contributed by atoms with Crippen molar-refractivity contribution in [1.29, 1.82) is 0 Å². The van der Waals surface area contributed by atoms with Crippen molar-refractivity contribution in [2.75, 3.05) is 33.4 Å². The number of methoxy groups -OCH3 is 1. The zero-order valence-electron chi connectivity index (χ0n) is 19.8. The van der Waals surface area contributed by atoms with Gasteiger partial charge >= 0.3 is 0 Å². The van der Waals surface area contributed by atoms with Gasteiger partial charge in [0.15, 0.2) is 11.6 Å². The Bertz CT molecular complexity index is 1320. The van der Waals surface area contributed by atoms with Gasteiger partial charge in [0.05, 0.1) is 24.6 Å². The van der Waals surface area contributed by atoms with E-state index in [0.29, 0.717) is 18.7 Å². The molecular weight excluding hydrogens is 503 g/mol. The highest BCUT2D eigenvalue weighted by atomic mass is 32.2. The SMILES string of the molecule is C=CCN(CC(=O)N1CCc2sccc2C1COc1ccccc1F)S(=O)(=O)c1ccc(OC)cc1. The largest absolute Gasteiger partial charge is 0.497 e. The molecule has 0 saturated heterocycles. The normalized spacial score (nSPS) is 15.4. The summed E-state index contributed by atoms with van der Waals surface area (Å²) in [6.07, 6.45) is 2.10. The van der Waals surface area contributed by atoms with Gasteiger partial charge in [-0.15, -0.1) is 17.9 Å². The van der Waals surface area contributed by atoms with Gasteiger partial charge in [-0.25, -0.2) is 12.8 Å². The molecule has 7 nitrogen and oxygen atoms in total. The minimum Gasteiger partial charge on any atom is -0.497 e. The number of carbonyl (C=O) groups excluding carboxylic acids is 1. The summed E-state index contributed by atoms with van der Waals surface area (Å²) in [6.45, 7) is 3.71. The molecule has 1 amide bonds. The van der Waals surface area contributed by atoms with E-state index >= 15 is 0 Å². The molecule has 10 heteroatoms. The van der Waals surface area contributed by atoms with Gasteiger partial charge in [-0.3, -0.25) is 4.79 Å². The zero-order chi connectivity index (χ0) is 25.7. The lowest BCUT2D eigenvalue weighted by molar-refractivity contribution is -0.135. The maximum Gasteiger partial charge on any atom is 0.243 e. The van der Waals surface area contributed by atoms with E-state index in [1.54, 1.807) is 40.5 Å². The Morgan fingerprint density at radius 2 is 1.97 bits per heavy atom. The van der Waals surface area contributed by atoms with Gasteiger partial charge in [0.2, 0.25) is 15.9 Å². The molecule has 0 fully saturated rings. The van der Waals surface area contributed by atoms with Crippen molar-refractivity contribution in [1.82, 2.24) is 9.21 Å². The summed E-state index contributed by atoms with van der Waals surface area (Å²) >= 11 is 1.60.